The first-order valence-electron chi connectivity index (χ1n) is 6.65. The monoisotopic (exact) mass is 290 g/mol. The maximum Gasteiger partial charge on any atom is 0.231 e. The normalized spacial score (nSPS) is 16.1. The Morgan fingerprint density at radius 3 is 2.90 bits per heavy atom. The predicted molar refractivity (Wildman–Crippen MR) is 79.3 cm³/mol. The summed E-state index contributed by atoms with van der Waals surface area (Å²) in [7, 11) is 0. The molecule has 0 amide bonds. The van der Waals surface area contributed by atoms with Gasteiger partial charge in [-0.25, -0.2) is 4.98 Å². The Morgan fingerprint density at radius 2 is 2.15 bits per heavy atom. The second-order valence-electron chi connectivity index (χ2n) is 5.38. The molecule has 3 rings (SSSR count). The third-order valence-electron chi connectivity index (χ3n) is 3.48. The smallest absolute Gasteiger partial charge is 0.231 e. The first-order chi connectivity index (χ1) is 9.54. The molecule has 0 spiro atoms. The summed E-state index contributed by atoms with van der Waals surface area (Å²) in [6, 6.07) is 6.06. The highest BCUT2D eigenvalue weighted by Crippen LogP contribution is 2.34. The summed E-state index contributed by atoms with van der Waals surface area (Å²) in [5.74, 6) is 1.64. The van der Waals surface area contributed by atoms with Gasteiger partial charge in [0.05, 0.1) is 5.54 Å². The van der Waals surface area contributed by atoms with E-state index in [9.17, 15) is 0 Å². The molecular weight excluding hydrogens is 272 g/mol. The molecule has 4 nitrogen and oxygen atoms in total. The molecule has 20 heavy (non-hydrogen) atoms. The van der Waals surface area contributed by atoms with Gasteiger partial charge in [-0.05, 0) is 44.4 Å². The average Bonchev–Trinajstić information content (AvgIpc) is 3.04. The zero-order valence-electron chi connectivity index (χ0n) is 11.7. The quantitative estimate of drug-likeness (QED) is 0.940. The van der Waals surface area contributed by atoms with Crippen LogP contribution in [0.5, 0.6) is 11.5 Å². The molecule has 0 radical (unpaired) electrons. The average molecular weight is 290 g/mol. The Labute approximate surface area is 122 Å². The highest BCUT2D eigenvalue weighted by molar-refractivity contribution is 7.11. The van der Waals surface area contributed by atoms with Crippen LogP contribution in [0, 0.1) is 6.92 Å². The zero-order valence-corrected chi connectivity index (χ0v) is 12.5. The van der Waals surface area contributed by atoms with E-state index in [1.165, 1.54) is 10.4 Å². The SMILES string of the molecule is Cc1cnc(C(C)(N)CCc2ccc3c(c2)OCO3)s1. The molecule has 2 aromatic rings. The van der Waals surface area contributed by atoms with Crippen molar-refractivity contribution >= 4 is 11.3 Å². The van der Waals surface area contributed by atoms with Crippen LogP contribution >= 0.6 is 11.3 Å². The summed E-state index contributed by atoms with van der Waals surface area (Å²) in [5.41, 5.74) is 7.22. The highest BCUT2D eigenvalue weighted by atomic mass is 32.1. The number of ether oxygens (including phenoxy) is 2. The van der Waals surface area contributed by atoms with Gasteiger partial charge in [0, 0.05) is 11.1 Å². The molecule has 0 saturated carbocycles. The molecule has 1 atom stereocenters. The lowest BCUT2D eigenvalue weighted by molar-refractivity contribution is 0.174. The van der Waals surface area contributed by atoms with Crippen molar-refractivity contribution in [3.8, 4) is 11.5 Å². The molecule has 106 valence electrons. The fourth-order valence-corrected chi connectivity index (χ4v) is 3.08. The number of nitrogens with zero attached hydrogens (tertiary/aromatic N) is 1. The number of aromatic nitrogens is 1. The van der Waals surface area contributed by atoms with Crippen molar-refractivity contribution < 1.29 is 9.47 Å². The molecule has 1 unspecified atom stereocenters. The van der Waals surface area contributed by atoms with Gasteiger partial charge in [-0.2, -0.15) is 0 Å². The van der Waals surface area contributed by atoms with Crippen LogP contribution in [-0.2, 0) is 12.0 Å². The van der Waals surface area contributed by atoms with Gasteiger partial charge in [-0.15, -0.1) is 11.3 Å². The topological polar surface area (TPSA) is 57.4 Å². The summed E-state index contributed by atoms with van der Waals surface area (Å²) < 4.78 is 10.7. The number of thiazole rings is 1. The van der Waals surface area contributed by atoms with Crippen molar-refractivity contribution in [2.24, 2.45) is 5.73 Å². The predicted octanol–water partition coefficient (Wildman–Crippen LogP) is 2.99. The van der Waals surface area contributed by atoms with Gasteiger partial charge >= 0.3 is 0 Å². The van der Waals surface area contributed by atoms with Crippen molar-refractivity contribution in [1.82, 2.24) is 4.98 Å². The van der Waals surface area contributed by atoms with Gasteiger partial charge < -0.3 is 15.2 Å². The third kappa shape index (κ3) is 2.64. The molecule has 2 N–H and O–H groups in total. The highest BCUT2D eigenvalue weighted by Gasteiger charge is 2.24. The Morgan fingerprint density at radius 1 is 1.35 bits per heavy atom. The maximum atomic E-state index is 6.40. The fraction of sp³-hybridized carbons (Fsp3) is 0.400. The van der Waals surface area contributed by atoms with E-state index in [-0.39, 0.29) is 0 Å². The van der Waals surface area contributed by atoms with Crippen LogP contribution in [-0.4, -0.2) is 11.8 Å². The summed E-state index contributed by atoms with van der Waals surface area (Å²) in [5, 5.41) is 0.996. The molecule has 1 aliphatic heterocycles. The first kappa shape index (κ1) is 13.4. The van der Waals surface area contributed by atoms with Crippen molar-refractivity contribution in [3.05, 3.63) is 39.8 Å². The van der Waals surface area contributed by atoms with E-state index in [4.69, 9.17) is 15.2 Å². The standard InChI is InChI=1S/C15H18N2O2S/c1-10-8-17-14(20-10)15(2,16)6-5-11-3-4-12-13(7-11)19-9-18-12/h3-4,7-8H,5-6,9,16H2,1-2H3. The summed E-state index contributed by atoms with van der Waals surface area (Å²) in [4.78, 5) is 5.60. The number of aryl methyl sites for hydroxylation is 2. The zero-order chi connectivity index (χ0) is 14.2. The number of rotatable bonds is 4. The van der Waals surface area contributed by atoms with E-state index in [1.54, 1.807) is 11.3 Å². The molecular formula is C15H18N2O2S. The van der Waals surface area contributed by atoms with Gasteiger partial charge in [0.15, 0.2) is 11.5 Å². The molecule has 1 aliphatic rings. The molecule has 1 aromatic carbocycles. The number of fused-ring (bicyclic) bond motifs is 1. The summed E-state index contributed by atoms with van der Waals surface area (Å²) in [6.45, 7) is 4.40. The second kappa shape index (κ2) is 5.07. The van der Waals surface area contributed by atoms with Crippen LogP contribution < -0.4 is 15.2 Å². The Hall–Kier alpha value is -1.59. The van der Waals surface area contributed by atoms with Crippen LogP contribution in [0.1, 0.15) is 28.8 Å². The fourth-order valence-electron chi connectivity index (χ4n) is 2.23. The maximum absolute atomic E-state index is 6.40. The number of hydrogen-bond acceptors (Lipinski definition) is 5. The minimum atomic E-state index is -0.394. The van der Waals surface area contributed by atoms with Crippen molar-refractivity contribution in [2.45, 2.75) is 32.2 Å². The van der Waals surface area contributed by atoms with E-state index in [0.29, 0.717) is 6.79 Å². The third-order valence-corrected chi connectivity index (χ3v) is 4.67. The minimum absolute atomic E-state index is 0.311. The van der Waals surface area contributed by atoms with Crippen molar-refractivity contribution in [1.29, 1.82) is 0 Å². The van der Waals surface area contributed by atoms with Crippen LogP contribution in [0.25, 0.3) is 0 Å². The lowest BCUT2D eigenvalue weighted by Gasteiger charge is -2.22. The Balaban J connectivity index is 1.69. The summed E-state index contributed by atoms with van der Waals surface area (Å²) in [6.07, 6.45) is 3.62. The summed E-state index contributed by atoms with van der Waals surface area (Å²) >= 11 is 1.67. The molecule has 2 heterocycles. The van der Waals surface area contributed by atoms with E-state index in [0.717, 1.165) is 29.3 Å². The van der Waals surface area contributed by atoms with Gasteiger partial charge in [0.2, 0.25) is 6.79 Å². The molecule has 1 aromatic heterocycles. The molecule has 0 bridgehead atoms. The van der Waals surface area contributed by atoms with Crippen LogP contribution in [0.2, 0.25) is 0 Å². The van der Waals surface area contributed by atoms with E-state index >= 15 is 0 Å². The molecule has 0 fully saturated rings. The van der Waals surface area contributed by atoms with Gasteiger partial charge in [0.25, 0.3) is 0 Å². The number of hydrogen-bond donors (Lipinski definition) is 1. The van der Waals surface area contributed by atoms with Gasteiger partial charge in [-0.1, -0.05) is 6.07 Å². The Bertz CT molecular complexity index is 622. The van der Waals surface area contributed by atoms with Gasteiger partial charge in [-0.3, -0.25) is 0 Å². The number of benzene rings is 1. The van der Waals surface area contributed by atoms with Crippen LogP contribution in [0.4, 0.5) is 0 Å². The molecule has 0 saturated heterocycles. The van der Waals surface area contributed by atoms with E-state index in [1.807, 2.05) is 25.3 Å². The lowest BCUT2D eigenvalue weighted by Crippen LogP contribution is -2.33. The Kier molecular flexibility index (Phi) is 3.40. The van der Waals surface area contributed by atoms with Crippen LogP contribution in [0.3, 0.4) is 0 Å². The lowest BCUT2D eigenvalue weighted by atomic mass is 9.95. The van der Waals surface area contributed by atoms with E-state index in [2.05, 4.69) is 18.0 Å². The van der Waals surface area contributed by atoms with Crippen molar-refractivity contribution in [2.75, 3.05) is 6.79 Å². The largest absolute Gasteiger partial charge is 0.454 e. The van der Waals surface area contributed by atoms with E-state index < -0.39 is 5.54 Å². The van der Waals surface area contributed by atoms with Gasteiger partial charge in [0.1, 0.15) is 5.01 Å². The van der Waals surface area contributed by atoms with Crippen molar-refractivity contribution in [3.63, 3.8) is 0 Å². The van der Waals surface area contributed by atoms with Crippen LogP contribution in [0.15, 0.2) is 24.4 Å². The molecule has 0 aliphatic carbocycles. The minimum Gasteiger partial charge on any atom is -0.454 e. The number of nitrogens with two attached hydrogens (primary N) is 1. The second-order valence-corrected chi connectivity index (χ2v) is 6.62. The molecule has 5 heteroatoms. The first-order valence-corrected chi connectivity index (χ1v) is 7.46.